The molecule has 0 fully saturated rings. The Bertz CT molecular complexity index is 1480. The third kappa shape index (κ3) is 4.11. The van der Waals surface area contributed by atoms with Crippen molar-refractivity contribution in [1.29, 1.82) is 0 Å². The molecule has 0 saturated heterocycles. The predicted molar refractivity (Wildman–Crippen MR) is 125 cm³/mol. The van der Waals surface area contributed by atoms with E-state index in [9.17, 15) is 18.0 Å². The molecule has 2 aromatic carbocycles. The molecule has 0 atom stereocenters. The highest BCUT2D eigenvalue weighted by Gasteiger charge is 2.36. The van der Waals surface area contributed by atoms with Crippen LogP contribution in [0.1, 0.15) is 16.7 Å². The number of aryl methyl sites for hydroxylation is 1. The molecule has 5 rings (SSSR count). The average Bonchev–Trinajstić information content (AvgIpc) is 3.34. The summed E-state index contributed by atoms with van der Waals surface area (Å²) < 4.78 is 48.3. The number of nitrogens with one attached hydrogen (secondary N) is 1. The summed E-state index contributed by atoms with van der Waals surface area (Å²) in [7, 11) is 1.53. The highest BCUT2D eigenvalue weighted by molar-refractivity contribution is 5.74. The molecule has 0 radical (unpaired) electrons. The van der Waals surface area contributed by atoms with Crippen LogP contribution in [0.2, 0.25) is 0 Å². The van der Waals surface area contributed by atoms with Crippen LogP contribution in [0.5, 0.6) is 5.75 Å². The van der Waals surface area contributed by atoms with E-state index in [-0.39, 0.29) is 11.4 Å². The first kappa shape index (κ1) is 22.6. The zero-order chi connectivity index (χ0) is 24.7. The lowest BCUT2D eigenvalue weighted by Crippen LogP contribution is -2.27. The van der Waals surface area contributed by atoms with Gasteiger partial charge in [-0.1, -0.05) is 6.07 Å². The monoisotopic (exact) mass is 479 g/mol. The quantitative estimate of drug-likeness (QED) is 0.459. The van der Waals surface area contributed by atoms with Crippen molar-refractivity contribution in [2.45, 2.75) is 19.5 Å². The number of alkyl halides is 3. The highest BCUT2D eigenvalue weighted by Crippen LogP contribution is 2.37. The molecule has 0 aliphatic carbocycles. The van der Waals surface area contributed by atoms with Gasteiger partial charge in [-0.2, -0.15) is 33.1 Å². The summed E-state index contributed by atoms with van der Waals surface area (Å²) in [5.41, 5.74) is 1.60. The molecule has 178 valence electrons. The van der Waals surface area contributed by atoms with Gasteiger partial charge >= 0.3 is 6.18 Å². The van der Waals surface area contributed by atoms with Crippen LogP contribution in [0.3, 0.4) is 0 Å². The number of hydrogen-bond acceptors (Lipinski definition) is 6. The van der Waals surface area contributed by atoms with Gasteiger partial charge in [-0.3, -0.25) is 4.79 Å². The molecule has 35 heavy (non-hydrogen) atoms. The van der Waals surface area contributed by atoms with Crippen LogP contribution >= 0.6 is 0 Å². The van der Waals surface area contributed by atoms with Gasteiger partial charge < -0.3 is 10.1 Å². The SMILES string of the molecule is COc1cc(C)cc(-c2nn(-c3cc(-c4cccnn4)ccc3C(F)(F)F)c(=O)c3c2CCN3)c1. The molecular weight excluding hydrogens is 459 g/mol. The van der Waals surface area contributed by atoms with Gasteiger partial charge in [0.25, 0.3) is 5.56 Å². The summed E-state index contributed by atoms with van der Waals surface area (Å²) in [6, 6.07) is 12.2. The van der Waals surface area contributed by atoms with Crippen LogP contribution < -0.4 is 15.6 Å². The molecule has 3 heterocycles. The maximum absolute atomic E-state index is 14.0. The van der Waals surface area contributed by atoms with Crippen LogP contribution in [0.15, 0.2) is 59.5 Å². The Morgan fingerprint density at radius 2 is 1.91 bits per heavy atom. The van der Waals surface area contributed by atoms with E-state index in [0.29, 0.717) is 46.8 Å². The summed E-state index contributed by atoms with van der Waals surface area (Å²) >= 11 is 0. The maximum Gasteiger partial charge on any atom is 0.418 e. The largest absolute Gasteiger partial charge is 0.497 e. The van der Waals surface area contributed by atoms with Gasteiger partial charge in [-0.15, -0.1) is 0 Å². The smallest absolute Gasteiger partial charge is 0.418 e. The Hall–Kier alpha value is -4.21. The van der Waals surface area contributed by atoms with Crippen LogP contribution in [0.25, 0.3) is 28.2 Å². The molecule has 0 amide bonds. The first-order valence-electron chi connectivity index (χ1n) is 10.8. The van der Waals surface area contributed by atoms with E-state index >= 15 is 0 Å². The fourth-order valence-corrected chi connectivity index (χ4v) is 4.26. The van der Waals surface area contributed by atoms with Crippen molar-refractivity contribution in [3.05, 3.63) is 81.8 Å². The van der Waals surface area contributed by atoms with Crippen LogP contribution in [0, 0.1) is 6.92 Å². The Kier molecular flexibility index (Phi) is 5.50. The third-order valence-corrected chi connectivity index (χ3v) is 5.83. The summed E-state index contributed by atoms with van der Waals surface area (Å²) in [6.45, 7) is 2.37. The molecular formula is C25H20F3N5O2. The molecule has 1 aliphatic heterocycles. The Morgan fingerprint density at radius 1 is 1.09 bits per heavy atom. The second kappa shape index (κ2) is 8.53. The summed E-state index contributed by atoms with van der Waals surface area (Å²) in [5, 5.41) is 15.3. The fourth-order valence-electron chi connectivity index (χ4n) is 4.26. The third-order valence-electron chi connectivity index (χ3n) is 5.83. The standard InChI is InChI=1S/C25H20F3N5O2/c1-14-10-16(12-17(11-14)35-2)22-18-7-9-29-23(18)24(34)33(32-22)21-13-15(20-4-3-8-30-31-20)5-6-19(21)25(26,27)28/h3-6,8,10-13,29H,7,9H2,1-2H3. The van der Waals surface area contributed by atoms with E-state index in [4.69, 9.17) is 4.74 Å². The minimum Gasteiger partial charge on any atom is -0.497 e. The lowest BCUT2D eigenvalue weighted by Gasteiger charge is -2.18. The molecule has 0 spiro atoms. The van der Waals surface area contributed by atoms with Crippen molar-refractivity contribution < 1.29 is 17.9 Å². The number of fused-ring (bicyclic) bond motifs is 1. The van der Waals surface area contributed by atoms with Crippen molar-refractivity contribution >= 4 is 5.69 Å². The maximum atomic E-state index is 14.0. The topological polar surface area (TPSA) is 81.9 Å². The van der Waals surface area contributed by atoms with Gasteiger partial charge in [-0.05, 0) is 61.4 Å². The number of methoxy groups -OCH3 is 1. The second-order valence-electron chi connectivity index (χ2n) is 8.17. The van der Waals surface area contributed by atoms with Gasteiger partial charge in [0.15, 0.2) is 0 Å². The van der Waals surface area contributed by atoms with Gasteiger partial charge in [0, 0.05) is 29.4 Å². The molecule has 7 nitrogen and oxygen atoms in total. The Morgan fingerprint density at radius 3 is 2.63 bits per heavy atom. The van der Waals surface area contributed by atoms with E-state index in [2.05, 4.69) is 20.6 Å². The number of nitrogens with zero attached hydrogens (tertiary/aromatic N) is 4. The number of aromatic nitrogens is 4. The lowest BCUT2D eigenvalue weighted by atomic mass is 10.0. The van der Waals surface area contributed by atoms with Crippen LogP contribution in [-0.4, -0.2) is 33.6 Å². The highest BCUT2D eigenvalue weighted by atomic mass is 19.4. The predicted octanol–water partition coefficient (Wildman–Crippen LogP) is 4.66. The lowest BCUT2D eigenvalue weighted by molar-refractivity contribution is -0.137. The van der Waals surface area contributed by atoms with Crippen LogP contribution in [-0.2, 0) is 12.6 Å². The number of anilines is 1. The molecule has 1 aliphatic rings. The van der Waals surface area contributed by atoms with Gasteiger partial charge in [0.1, 0.15) is 11.4 Å². The fraction of sp³-hybridized carbons (Fsp3) is 0.200. The van der Waals surface area contributed by atoms with Crippen molar-refractivity contribution in [2.75, 3.05) is 19.0 Å². The van der Waals surface area contributed by atoms with Gasteiger partial charge in [0.2, 0.25) is 0 Å². The number of benzene rings is 2. The molecule has 1 N–H and O–H groups in total. The zero-order valence-electron chi connectivity index (χ0n) is 18.8. The van der Waals surface area contributed by atoms with E-state index in [1.807, 2.05) is 19.1 Å². The number of ether oxygens (including phenoxy) is 1. The summed E-state index contributed by atoms with van der Waals surface area (Å²) in [6.07, 6.45) is -2.72. The number of halogens is 3. The normalized spacial score (nSPS) is 12.8. The molecule has 0 bridgehead atoms. The van der Waals surface area contributed by atoms with Crippen molar-refractivity contribution in [2.24, 2.45) is 0 Å². The molecule has 4 aromatic rings. The summed E-state index contributed by atoms with van der Waals surface area (Å²) in [5.74, 6) is 0.583. The van der Waals surface area contributed by atoms with Gasteiger partial charge in [0.05, 0.1) is 29.7 Å². The first-order chi connectivity index (χ1) is 16.8. The minimum atomic E-state index is -4.71. The Labute approximate surface area is 198 Å². The molecule has 0 unspecified atom stereocenters. The summed E-state index contributed by atoms with van der Waals surface area (Å²) in [4.78, 5) is 13.4. The van der Waals surface area contributed by atoms with E-state index in [1.165, 1.54) is 25.4 Å². The van der Waals surface area contributed by atoms with E-state index in [1.54, 1.807) is 18.2 Å². The van der Waals surface area contributed by atoms with Crippen LogP contribution in [0.4, 0.5) is 18.9 Å². The molecule has 0 saturated carbocycles. The number of rotatable bonds is 4. The van der Waals surface area contributed by atoms with Crippen molar-refractivity contribution in [1.82, 2.24) is 20.0 Å². The minimum absolute atomic E-state index is 0.244. The average molecular weight is 479 g/mol. The van der Waals surface area contributed by atoms with E-state index < -0.39 is 17.3 Å². The van der Waals surface area contributed by atoms with E-state index in [0.717, 1.165) is 16.3 Å². The zero-order valence-corrected chi connectivity index (χ0v) is 18.8. The number of hydrogen-bond donors (Lipinski definition) is 1. The van der Waals surface area contributed by atoms with Gasteiger partial charge in [-0.25, -0.2) is 0 Å². The molecule has 10 heteroatoms. The van der Waals surface area contributed by atoms with Crippen molar-refractivity contribution in [3.8, 4) is 34.0 Å². The Balaban J connectivity index is 1.80. The first-order valence-corrected chi connectivity index (χ1v) is 10.8. The molecule has 2 aromatic heterocycles. The second-order valence-corrected chi connectivity index (χ2v) is 8.17. The van der Waals surface area contributed by atoms with Crippen molar-refractivity contribution in [3.63, 3.8) is 0 Å².